The molecule has 1 atom stereocenters. The van der Waals surface area contributed by atoms with E-state index in [1.54, 1.807) is 29.2 Å². The molecule has 0 spiro atoms. The molecule has 1 aliphatic rings. The molecule has 1 fully saturated rings. The van der Waals surface area contributed by atoms with E-state index >= 15 is 0 Å². The molecule has 0 saturated carbocycles. The van der Waals surface area contributed by atoms with Crippen LogP contribution in [0.5, 0.6) is 0 Å². The number of carbonyl (C=O) groups is 3. The van der Waals surface area contributed by atoms with E-state index in [9.17, 15) is 14.4 Å². The smallest absolute Gasteiger partial charge is 0.254 e. The van der Waals surface area contributed by atoms with Crippen LogP contribution in [0.3, 0.4) is 0 Å². The van der Waals surface area contributed by atoms with Gasteiger partial charge in [0.25, 0.3) is 5.91 Å². The largest absolute Gasteiger partial charge is 0.335 e. The first kappa shape index (κ1) is 16.9. The second-order valence-electron chi connectivity index (χ2n) is 6.13. The summed E-state index contributed by atoms with van der Waals surface area (Å²) in [5, 5.41) is 2.55. The van der Waals surface area contributed by atoms with Crippen LogP contribution >= 0.6 is 0 Å². The first-order chi connectivity index (χ1) is 12.2. The number of rotatable bonds is 6. The third kappa shape index (κ3) is 3.94. The van der Waals surface area contributed by atoms with E-state index in [0.717, 1.165) is 12.8 Å². The summed E-state index contributed by atoms with van der Waals surface area (Å²) in [4.78, 5) is 37.5. The summed E-state index contributed by atoms with van der Waals surface area (Å²) >= 11 is 0. The van der Waals surface area contributed by atoms with Gasteiger partial charge in [-0.1, -0.05) is 30.3 Å². The van der Waals surface area contributed by atoms with Crippen LogP contribution in [0.4, 0.5) is 5.69 Å². The van der Waals surface area contributed by atoms with Crippen molar-refractivity contribution in [1.82, 2.24) is 4.90 Å². The number of ketones is 1. The van der Waals surface area contributed by atoms with Gasteiger partial charge in [0, 0.05) is 35.8 Å². The molecule has 25 heavy (non-hydrogen) atoms. The lowest BCUT2D eigenvalue weighted by Crippen LogP contribution is -2.36. The minimum Gasteiger partial charge on any atom is -0.335 e. The van der Waals surface area contributed by atoms with Gasteiger partial charge in [-0.05, 0) is 37.1 Å². The van der Waals surface area contributed by atoms with Crippen molar-refractivity contribution in [3.63, 3.8) is 0 Å². The van der Waals surface area contributed by atoms with E-state index in [4.69, 9.17) is 0 Å². The highest BCUT2D eigenvalue weighted by molar-refractivity contribution is 5.98. The number of likely N-dealkylation sites (tertiary alicyclic amines) is 1. The summed E-state index contributed by atoms with van der Waals surface area (Å²) < 4.78 is 0. The normalized spacial score (nSPS) is 16.5. The summed E-state index contributed by atoms with van der Waals surface area (Å²) in [5.74, 6) is -0.00292. The van der Waals surface area contributed by atoms with Crippen LogP contribution in [0.25, 0.3) is 0 Å². The van der Waals surface area contributed by atoms with E-state index in [1.165, 1.54) is 0 Å². The molecule has 1 saturated heterocycles. The number of Topliss-reactive ketones (excluding diaryl/α,β-unsaturated/α-hetero) is 1. The summed E-state index contributed by atoms with van der Waals surface area (Å²) in [7, 11) is 0. The number of anilines is 1. The number of carbonyl (C=O) groups excluding carboxylic acids is 3. The fourth-order valence-electron chi connectivity index (χ4n) is 3.21. The molecule has 0 radical (unpaired) electrons. The molecule has 1 unspecified atom stereocenters. The van der Waals surface area contributed by atoms with Gasteiger partial charge in [-0.15, -0.1) is 0 Å². The number of nitrogens with zero attached hydrogens (tertiary/aromatic N) is 1. The lowest BCUT2D eigenvalue weighted by atomic mass is 10.0. The molecule has 0 bridgehead atoms. The molecule has 1 aliphatic heterocycles. The third-order valence-electron chi connectivity index (χ3n) is 4.51. The zero-order valence-corrected chi connectivity index (χ0v) is 13.9. The lowest BCUT2D eigenvalue weighted by Gasteiger charge is -2.24. The molecule has 5 heteroatoms. The van der Waals surface area contributed by atoms with Gasteiger partial charge in [-0.25, -0.2) is 0 Å². The van der Waals surface area contributed by atoms with Gasteiger partial charge in [0.2, 0.25) is 6.41 Å². The molecule has 0 aromatic heterocycles. The minimum atomic E-state index is -0.0685. The van der Waals surface area contributed by atoms with Crippen molar-refractivity contribution < 1.29 is 14.4 Å². The number of benzene rings is 2. The molecule has 2 aromatic rings. The topological polar surface area (TPSA) is 66.5 Å². The van der Waals surface area contributed by atoms with Crippen molar-refractivity contribution >= 4 is 23.8 Å². The summed E-state index contributed by atoms with van der Waals surface area (Å²) in [6.45, 7) is 0.667. The van der Waals surface area contributed by atoms with E-state index in [1.807, 2.05) is 30.3 Å². The quantitative estimate of drug-likeness (QED) is 0.651. The third-order valence-corrected chi connectivity index (χ3v) is 4.51. The number of hydrogen-bond acceptors (Lipinski definition) is 3. The van der Waals surface area contributed by atoms with Crippen molar-refractivity contribution in [1.29, 1.82) is 0 Å². The van der Waals surface area contributed by atoms with Gasteiger partial charge in [-0.2, -0.15) is 0 Å². The van der Waals surface area contributed by atoms with Gasteiger partial charge in [-0.3, -0.25) is 14.4 Å². The molecular weight excluding hydrogens is 316 g/mol. The summed E-state index contributed by atoms with van der Waals surface area (Å²) in [5.41, 5.74) is 1.89. The Morgan fingerprint density at radius 2 is 1.76 bits per heavy atom. The Bertz CT molecular complexity index is 756. The predicted molar refractivity (Wildman–Crippen MR) is 95.6 cm³/mol. The van der Waals surface area contributed by atoms with Crippen molar-refractivity contribution in [3.8, 4) is 0 Å². The Morgan fingerprint density at radius 1 is 1.04 bits per heavy atom. The second-order valence-corrected chi connectivity index (χ2v) is 6.13. The predicted octanol–water partition coefficient (Wildman–Crippen LogP) is 3.13. The zero-order valence-electron chi connectivity index (χ0n) is 13.9. The zero-order chi connectivity index (χ0) is 17.6. The lowest BCUT2D eigenvalue weighted by molar-refractivity contribution is -0.105. The number of hydrogen-bond donors (Lipinski definition) is 1. The molecule has 128 valence electrons. The minimum absolute atomic E-state index is 0.0621. The molecule has 1 heterocycles. The van der Waals surface area contributed by atoms with Crippen LogP contribution in [0, 0.1) is 0 Å². The van der Waals surface area contributed by atoms with E-state index in [-0.39, 0.29) is 17.7 Å². The van der Waals surface area contributed by atoms with Crippen molar-refractivity contribution in [3.05, 3.63) is 65.7 Å². The van der Waals surface area contributed by atoms with E-state index in [2.05, 4.69) is 5.32 Å². The Morgan fingerprint density at radius 3 is 2.44 bits per heavy atom. The Balaban J connectivity index is 1.69. The van der Waals surface area contributed by atoms with Gasteiger partial charge in [0.05, 0.1) is 0 Å². The maximum absolute atomic E-state index is 12.8. The van der Waals surface area contributed by atoms with Crippen LogP contribution in [-0.4, -0.2) is 35.6 Å². The Labute approximate surface area is 146 Å². The Kier molecular flexibility index (Phi) is 5.23. The van der Waals surface area contributed by atoms with Crippen molar-refractivity contribution in [2.24, 2.45) is 0 Å². The maximum atomic E-state index is 12.8. The molecule has 2 aromatic carbocycles. The fourth-order valence-corrected chi connectivity index (χ4v) is 3.21. The van der Waals surface area contributed by atoms with Crippen LogP contribution in [0.15, 0.2) is 54.6 Å². The van der Waals surface area contributed by atoms with Crippen molar-refractivity contribution in [2.75, 3.05) is 11.9 Å². The highest BCUT2D eigenvalue weighted by atomic mass is 16.2. The summed E-state index contributed by atoms with van der Waals surface area (Å²) in [6.07, 6.45) is 2.70. The molecule has 5 nitrogen and oxygen atoms in total. The SMILES string of the molecule is O=CNc1ccc(C(=O)N2CCCC2CC(=O)c2ccccc2)cc1. The molecular formula is C20H20N2O3. The van der Waals surface area contributed by atoms with Crippen LogP contribution < -0.4 is 5.32 Å². The fraction of sp³-hybridized carbons (Fsp3) is 0.250. The van der Waals surface area contributed by atoms with Gasteiger partial charge in [0.1, 0.15) is 0 Å². The first-order valence-corrected chi connectivity index (χ1v) is 8.38. The molecule has 2 amide bonds. The standard InChI is InChI=1S/C20H20N2O3/c23-14-21-17-10-8-16(9-11-17)20(25)22-12-4-7-18(22)13-19(24)15-5-2-1-3-6-15/h1-3,5-6,8-11,14,18H,4,7,12-13H2,(H,21,23). The first-order valence-electron chi connectivity index (χ1n) is 8.38. The maximum Gasteiger partial charge on any atom is 0.254 e. The number of amides is 2. The van der Waals surface area contributed by atoms with Gasteiger partial charge >= 0.3 is 0 Å². The second kappa shape index (κ2) is 7.75. The Hall–Kier alpha value is -2.95. The monoisotopic (exact) mass is 336 g/mol. The molecule has 0 aliphatic carbocycles. The molecule has 3 rings (SSSR count). The number of nitrogens with one attached hydrogen (secondary N) is 1. The summed E-state index contributed by atoms with van der Waals surface area (Å²) in [6, 6.07) is 15.9. The van der Waals surface area contributed by atoms with Crippen molar-refractivity contribution in [2.45, 2.75) is 25.3 Å². The average molecular weight is 336 g/mol. The molecule has 1 N–H and O–H groups in total. The highest BCUT2D eigenvalue weighted by Gasteiger charge is 2.31. The van der Waals surface area contributed by atoms with E-state index < -0.39 is 0 Å². The van der Waals surface area contributed by atoms with Crippen LogP contribution in [0.1, 0.15) is 40.0 Å². The van der Waals surface area contributed by atoms with Crippen LogP contribution in [-0.2, 0) is 4.79 Å². The van der Waals surface area contributed by atoms with E-state index in [0.29, 0.717) is 36.2 Å². The highest BCUT2D eigenvalue weighted by Crippen LogP contribution is 2.24. The van der Waals surface area contributed by atoms with Gasteiger partial charge < -0.3 is 10.2 Å². The van der Waals surface area contributed by atoms with Crippen LogP contribution in [0.2, 0.25) is 0 Å². The van der Waals surface area contributed by atoms with Gasteiger partial charge in [0.15, 0.2) is 5.78 Å². The average Bonchev–Trinajstić information content (AvgIpc) is 3.11.